The summed E-state index contributed by atoms with van der Waals surface area (Å²) in [6, 6.07) is 8.47. The van der Waals surface area contributed by atoms with Gasteiger partial charge < -0.3 is 14.9 Å². The van der Waals surface area contributed by atoms with Crippen molar-refractivity contribution < 1.29 is 24.5 Å². The van der Waals surface area contributed by atoms with Crippen LogP contribution in [0, 0.1) is 0 Å². The molecule has 1 aromatic carbocycles. The Kier molecular flexibility index (Phi) is 13.4. The van der Waals surface area contributed by atoms with Gasteiger partial charge in [-0.25, -0.2) is 0 Å². The first kappa shape index (κ1) is 26.1. The summed E-state index contributed by atoms with van der Waals surface area (Å²) in [5.74, 6) is 0.976. The van der Waals surface area contributed by atoms with E-state index in [0.29, 0.717) is 0 Å². The molecule has 1 aliphatic heterocycles. The number of carboxylic acid groups (broad SMARTS) is 2. The SMILES string of the molecule is CN(Cc1cccc(OCCN2CCCCC2)c1)Cc1cnn(C)c1.O=CO.O=CO. The van der Waals surface area contributed by atoms with Gasteiger partial charge in [0.25, 0.3) is 12.9 Å². The van der Waals surface area contributed by atoms with Gasteiger partial charge in [-0.3, -0.25) is 24.1 Å². The average Bonchev–Trinajstić information content (AvgIpc) is 3.15. The minimum absolute atomic E-state index is 0.250. The van der Waals surface area contributed by atoms with Crippen molar-refractivity contribution in [2.24, 2.45) is 7.05 Å². The zero-order chi connectivity index (χ0) is 22.9. The number of ether oxygens (including phenoxy) is 1. The van der Waals surface area contributed by atoms with E-state index < -0.39 is 0 Å². The summed E-state index contributed by atoms with van der Waals surface area (Å²) in [7, 11) is 4.09. The molecule has 2 heterocycles. The number of hydrogen-bond acceptors (Lipinski definition) is 6. The number of likely N-dealkylation sites (tertiary alicyclic amines) is 1. The van der Waals surface area contributed by atoms with E-state index in [1.165, 1.54) is 43.5 Å². The van der Waals surface area contributed by atoms with Gasteiger partial charge in [-0.2, -0.15) is 5.10 Å². The van der Waals surface area contributed by atoms with Gasteiger partial charge in [-0.15, -0.1) is 0 Å². The van der Waals surface area contributed by atoms with Crippen LogP contribution in [0.25, 0.3) is 0 Å². The summed E-state index contributed by atoms with van der Waals surface area (Å²) in [4.78, 5) is 21.5. The standard InChI is InChI=1S/C20H30N4O.2CH2O2/c1-22(16-19-14-21-23(2)17-19)15-18-7-6-8-20(13-18)25-12-11-24-9-4-3-5-10-24;2*2-1-3/h6-8,13-14,17H,3-5,9-12,15-16H2,1-2H3;2*1H,(H,2,3). The van der Waals surface area contributed by atoms with Crippen molar-refractivity contribution in [3.05, 3.63) is 47.8 Å². The summed E-state index contributed by atoms with van der Waals surface area (Å²) in [5.41, 5.74) is 2.51. The van der Waals surface area contributed by atoms with Crippen molar-refractivity contribution in [1.29, 1.82) is 0 Å². The van der Waals surface area contributed by atoms with Crippen LogP contribution in [0.4, 0.5) is 0 Å². The van der Waals surface area contributed by atoms with Gasteiger partial charge in [0.1, 0.15) is 12.4 Å². The van der Waals surface area contributed by atoms with Crippen LogP contribution in [-0.2, 0) is 29.7 Å². The normalized spacial score (nSPS) is 13.4. The second kappa shape index (κ2) is 15.9. The molecule has 1 fully saturated rings. The van der Waals surface area contributed by atoms with Gasteiger partial charge in [0.15, 0.2) is 0 Å². The van der Waals surface area contributed by atoms with Crippen molar-refractivity contribution in [2.75, 3.05) is 33.3 Å². The van der Waals surface area contributed by atoms with Gasteiger partial charge in [-0.05, 0) is 50.7 Å². The Bertz CT molecular complexity index is 741. The highest BCUT2D eigenvalue weighted by molar-refractivity contribution is 5.33. The zero-order valence-corrected chi connectivity index (χ0v) is 18.4. The molecule has 0 radical (unpaired) electrons. The number of piperidine rings is 1. The van der Waals surface area contributed by atoms with E-state index in [0.717, 1.165) is 32.0 Å². The molecular formula is C22H34N4O5. The van der Waals surface area contributed by atoms with Crippen LogP contribution >= 0.6 is 0 Å². The minimum Gasteiger partial charge on any atom is -0.492 e. The number of aromatic nitrogens is 2. The van der Waals surface area contributed by atoms with Gasteiger partial charge in [0.05, 0.1) is 6.20 Å². The molecule has 3 rings (SSSR count). The van der Waals surface area contributed by atoms with E-state index in [-0.39, 0.29) is 12.9 Å². The third kappa shape index (κ3) is 11.8. The van der Waals surface area contributed by atoms with Crippen LogP contribution in [0.5, 0.6) is 5.75 Å². The molecule has 1 aliphatic rings. The Labute approximate surface area is 183 Å². The maximum Gasteiger partial charge on any atom is 0.290 e. The van der Waals surface area contributed by atoms with E-state index in [1.54, 1.807) is 0 Å². The van der Waals surface area contributed by atoms with Crippen LogP contribution < -0.4 is 4.74 Å². The number of aryl methyl sites for hydroxylation is 1. The van der Waals surface area contributed by atoms with E-state index in [2.05, 4.69) is 52.4 Å². The van der Waals surface area contributed by atoms with Gasteiger partial charge in [0, 0.05) is 38.4 Å². The molecule has 0 atom stereocenters. The highest BCUT2D eigenvalue weighted by atomic mass is 16.5. The van der Waals surface area contributed by atoms with Crippen LogP contribution in [-0.4, -0.2) is 76.0 Å². The van der Waals surface area contributed by atoms with Crippen molar-refractivity contribution >= 4 is 12.9 Å². The van der Waals surface area contributed by atoms with Crippen LogP contribution in [0.1, 0.15) is 30.4 Å². The van der Waals surface area contributed by atoms with E-state index in [4.69, 9.17) is 24.5 Å². The third-order valence-corrected chi connectivity index (χ3v) is 4.69. The van der Waals surface area contributed by atoms with Crippen LogP contribution in [0.2, 0.25) is 0 Å². The number of carbonyl (C=O) groups is 2. The van der Waals surface area contributed by atoms with Crippen molar-refractivity contribution in [3.63, 3.8) is 0 Å². The Morgan fingerprint density at radius 2 is 1.74 bits per heavy atom. The first-order valence-corrected chi connectivity index (χ1v) is 10.3. The molecule has 172 valence electrons. The smallest absolute Gasteiger partial charge is 0.290 e. The van der Waals surface area contributed by atoms with Gasteiger partial charge in [-0.1, -0.05) is 18.6 Å². The Balaban J connectivity index is 0.000000720. The number of hydrogen-bond donors (Lipinski definition) is 2. The predicted octanol–water partition coefficient (Wildman–Crippen LogP) is 2.32. The highest BCUT2D eigenvalue weighted by Crippen LogP contribution is 2.16. The van der Waals surface area contributed by atoms with E-state index >= 15 is 0 Å². The first-order chi connectivity index (χ1) is 15.0. The lowest BCUT2D eigenvalue weighted by molar-refractivity contribution is -0.123. The lowest BCUT2D eigenvalue weighted by Gasteiger charge is -2.26. The Hall–Kier alpha value is -2.91. The molecule has 0 amide bonds. The molecule has 0 bridgehead atoms. The fourth-order valence-electron chi connectivity index (χ4n) is 3.44. The van der Waals surface area contributed by atoms with E-state index in [1.807, 2.05) is 17.9 Å². The Morgan fingerprint density at radius 1 is 1.10 bits per heavy atom. The first-order valence-electron chi connectivity index (χ1n) is 10.3. The van der Waals surface area contributed by atoms with Gasteiger partial charge >= 0.3 is 0 Å². The minimum atomic E-state index is -0.250. The molecule has 2 aromatic rings. The van der Waals surface area contributed by atoms with E-state index in [9.17, 15) is 0 Å². The fraction of sp³-hybridized carbons (Fsp3) is 0.500. The van der Waals surface area contributed by atoms with Crippen molar-refractivity contribution in [2.45, 2.75) is 32.4 Å². The molecule has 1 aromatic heterocycles. The summed E-state index contributed by atoms with van der Waals surface area (Å²) in [6.07, 6.45) is 8.04. The maximum absolute atomic E-state index is 8.36. The maximum atomic E-state index is 8.36. The third-order valence-electron chi connectivity index (χ3n) is 4.69. The Morgan fingerprint density at radius 3 is 2.35 bits per heavy atom. The monoisotopic (exact) mass is 434 g/mol. The number of benzene rings is 1. The number of rotatable bonds is 8. The lowest BCUT2D eigenvalue weighted by Crippen LogP contribution is -2.33. The summed E-state index contributed by atoms with van der Waals surface area (Å²) in [6.45, 7) is 5.55. The zero-order valence-electron chi connectivity index (χ0n) is 18.4. The van der Waals surface area contributed by atoms with Gasteiger partial charge in [0.2, 0.25) is 0 Å². The quantitative estimate of drug-likeness (QED) is 0.610. The summed E-state index contributed by atoms with van der Waals surface area (Å²) >= 11 is 0. The molecule has 31 heavy (non-hydrogen) atoms. The average molecular weight is 435 g/mol. The molecule has 0 saturated carbocycles. The highest BCUT2D eigenvalue weighted by Gasteiger charge is 2.10. The van der Waals surface area contributed by atoms with Crippen LogP contribution in [0.3, 0.4) is 0 Å². The lowest BCUT2D eigenvalue weighted by atomic mass is 10.1. The molecule has 0 unspecified atom stereocenters. The second-order valence-electron chi connectivity index (χ2n) is 7.30. The summed E-state index contributed by atoms with van der Waals surface area (Å²) in [5, 5.41) is 18.0. The topological polar surface area (TPSA) is 108 Å². The number of nitrogens with zero attached hydrogens (tertiary/aromatic N) is 4. The second-order valence-corrected chi connectivity index (χ2v) is 7.30. The molecule has 1 saturated heterocycles. The van der Waals surface area contributed by atoms with Crippen molar-refractivity contribution in [3.8, 4) is 5.75 Å². The molecule has 0 spiro atoms. The van der Waals surface area contributed by atoms with Crippen molar-refractivity contribution in [1.82, 2.24) is 19.6 Å². The molecule has 9 nitrogen and oxygen atoms in total. The van der Waals surface area contributed by atoms with Crippen LogP contribution in [0.15, 0.2) is 36.7 Å². The largest absolute Gasteiger partial charge is 0.492 e. The molecular weight excluding hydrogens is 400 g/mol. The summed E-state index contributed by atoms with van der Waals surface area (Å²) < 4.78 is 7.83. The fourth-order valence-corrected chi connectivity index (χ4v) is 3.44. The predicted molar refractivity (Wildman–Crippen MR) is 118 cm³/mol. The molecule has 0 aliphatic carbocycles. The molecule has 9 heteroatoms. The molecule has 2 N–H and O–H groups in total.